The molecule has 0 N–H and O–H groups in total. The number of hydrogen-bond acceptors (Lipinski definition) is 4. The van der Waals surface area contributed by atoms with Gasteiger partial charge in [-0.05, 0) is 37.5 Å². The molecule has 4 heteroatoms. The second-order valence-electron chi connectivity index (χ2n) is 12.8. The number of rotatable bonds is 25. The zero-order chi connectivity index (χ0) is 29.3. The summed E-state index contributed by atoms with van der Waals surface area (Å²) < 4.78 is 11.7. The van der Waals surface area contributed by atoms with Crippen molar-refractivity contribution in [1.29, 1.82) is 0 Å². The molecule has 1 rings (SSSR count). The largest absolute Gasteiger partial charge is 0.465 e. The van der Waals surface area contributed by atoms with Crippen LogP contribution in [-0.4, -0.2) is 25.2 Å². The molecule has 4 unspecified atom stereocenters. The van der Waals surface area contributed by atoms with E-state index in [4.69, 9.17) is 9.47 Å². The van der Waals surface area contributed by atoms with Gasteiger partial charge < -0.3 is 9.47 Å². The molecular formula is C36H68O4. The Morgan fingerprint density at radius 1 is 0.525 bits per heavy atom. The Labute approximate surface area is 249 Å². The number of ether oxygens (including phenoxy) is 2. The van der Waals surface area contributed by atoms with Crippen molar-refractivity contribution in [3.63, 3.8) is 0 Å². The average Bonchev–Trinajstić information content (AvgIpc) is 3.12. The molecule has 1 fully saturated rings. The van der Waals surface area contributed by atoms with Gasteiger partial charge in [0.05, 0.1) is 25.0 Å². The Kier molecular flexibility index (Phi) is 23.7. The molecular weight excluding hydrogens is 496 g/mol. The Bertz CT molecular complexity index is 604. The third-order valence-electron chi connectivity index (χ3n) is 9.30. The Balaban J connectivity index is 2.38. The summed E-state index contributed by atoms with van der Waals surface area (Å²) in [5.41, 5.74) is 0. The molecule has 0 saturated heterocycles. The first-order valence-electron chi connectivity index (χ1n) is 17.9. The maximum Gasteiger partial charge on any atom is 0.310 e. The van der Waals surface area contributed by atoms with Crippen LogP contribution in [0.25, 0.3) is 0 Å². The molecule has 0 spiro atoms. The van der Waals surface area contributed by atoms with Crippen molar-refractivity contribution in [2.45, 2.75) is 182 Å². The highest BCUT2D eigenvalue weighted by Crippen LogP contribution is 2.40. The number of hydrogen-bond donors (Lipinski definition) is 0. The van der Waals surface area contributed by atoms with E-state index >= 15 is 0 Å². The maximum absolute atomic E-state index is 13.4. The molecule has 0 aromatic heterocycles. The van der Waals surface area contributed by atoms with E-state index in [1.807, 2.05) is 0 Å². The van der Waals surface area contributed by atoms with Crippen LogP contribution in [0, 0.1) is 23.7 Å². The predicted molar refractivity (Wildman–Crippen MR) is 169 cm³/mol. The minimum Gasteiger partial charge on any atom is -0.465 e. The lowest BCUT2D eigenvalue weighted by molar-refractivity contribution is -0.165. The fourth-order valence-corrected chi connectivity index (χ4v) is 6.60. The third kappa shape index (κ3) is 17.0. The lowest BCUT2D eigenvalue weighted by Crippen LogP contribution is -2.39. The van der Waals surface area contributed by atoms with Gasteiger partial charge >= 0.3 is 11.9 Å². The third-order valence-corrected chi connectivity index (χ3v) is 9.30. The molecule has 0 radical (unpaired) electrons. The summed E-state index contributed by atoms with van der Waals surface area (Å²) in [6, 6.07) is 0. The first-order valence-corrected chi connectivity index (χ1v) is 17.9. The normalized spacial score (nSPS) is 21.2. The number of carbonyl (C=O) groups is 2. The van der Waals surface area contributed by atoms with Gasteiger partial charge in [0.25, 0.3) is 0 Å². The number of carbonyl (C=O) groups excluding carboxylic acids is 2. The molecule has 236 valence electrons. The molecule has 1 aliphatic rings. The first-order chi connectivity index (χ1) is 19.6. The highest BCUT2D eigenvalue weighted by atomic mass is 16.5. The van der Waals surface area contributed by atoms with E-state index in [1.165, 1.54) is 103 Å². The lowest BCUT2D eigenvalue weighted by Gasteiger charge is -2.30. The van der Waals surface area contributed by atoms with Gasteiger partial charge in [0.1, 0.15) is 0 Å². The van der Waals surface area contributed by atoms with Gasteiger partial charge in [0.2, 0.25) is 0 Å². The monoisotopic (exact) mass is 565 g/mol. The van der Waals surface area contributed by atoms with Crippen LogP contribution in [0.1, 0.15) is 182 Å². The lowest BCUT2D eigenvalue weighted by atomic mass is 9.75. The molecule has 4 nitrogen and oxygen atoms in total. The van der Waals surface area contributed by atoms with E-state index in [0.717, 1.165) is 51.4 Å². The molecule has 0 aliphatic heterocycles. The molecule has 0 amide bonds. The Morgan fingerprint density at radius 3 is 1.30 bits per heavy atom. The van der Waals surface area contributed by atoms with E-state index in [-0.39, 0.29) is 35.6 Å². The molecule has 0 aromatic rings. The Hall–Kier alpha value is -1.06. The zero-order valence-corrected chi connectivity index (χ0v) is 27.3. The van der Waals surface area contributed by atoms with Crippen LogP contribution in [0.15, 0.2) is 0 Å². The van der Waals surface area contributed by atoms with Gasteiger partial charge in [-0.3, -0.25) is 9.59 Å². The van der Waals surface area contributed by atoms with E-state index < -0.39 is 0 Å². The molecule has 40 heavy (non-hydrogen) atoms. The molecule has 4 atom stereocenters. The second kappa shape index (κ2) is 25.6. The number of esters is 2. The summed E-state index contributed by atoms with van der Waals surface area (Å²) in [6.07, 6.45) is 29.2. The zero-order valence-electron chi connectivity index (χ0n) is 27.3. The smallest absolute Gasteiger partial charge is 0.310 e. The first kappa shape index (κ1) is 37.0. The van der Waals surface area contributed by atoms with E-state index in [9.17, 15) is 9.59 Å². The van der Waals surface area contributed by atoms with E-state index in [0.29, 0.717) is 13.2 Å². The van der Waals surface area contributed by atoms with Crippen molar-refractivity contribution in [1.82, 2.24) is 0 Å². The second-order valence-corrected chi connectivity index (χ2v) is 12.8. The van der Waals surface area contributed by atoms with Crippen molar-refractivity contribution >= 4 is 11.9 Å². The van der Waals surface area contributed by atoms with Crippen LogP contribution in [0.2, 0.25) is 0 Å². The minimum atomic E-state index is -0.365. The molecule has 1 aliphatic carbocycles. The van der Waals surface area contributed by atoms with Gasteiger partial charge in [0, 0.05) is 0 Å². The van der Waals surface area contributed by atoms with Gasteiger partial charge in [-0.2, -0.15) is 0 Å². The summed E-state index contributed by atoms with van der Waals surface area (Å²) in [5, 5.41) is 0. The predicted octanol–water partition coefficient (Wildman–Crippen LogP) is 11.0. The van der Waals surface area contributed by atoms with Crippen molar-refractivity contribution in [2.75, 3.05) is 13.2 Å². The van der Waals surface area contributed by atoms with Gasteiger partial charge in [-0.1, -0.05) is 156 Å². The molecule has 0 heterocycles. The highest BCUT2D eigenvalue weighted by molar-refractivity contribution is 5.82. The minimum absolute atomic E-state index is 0.155. The highest BCUT2D eigenvalue weighted by Gasteiger charge is 2.45. The van der Waals surface area contributed by atoms with Gasteiger partial charge in [-0.15, -0.1) is 0 Å². The van der Waals surface area contributed by atoms with Crippen LogP contribution >= 0.6 is 0 Å². The van der Waals surface area contributed by atoms with Crippen LogP contribution in [0.5, 0.6) is 0 Å². The molecule has 1 saturated carbocycles. The van der Waals surface area contributed by atoms with Crippen molar-refractivity contribution < 1.29 is 19.1 Å². The fraction of sp³-hybridized carbons (Fsp3) is 0.944. The van der Waals surface area contributed by atoms with Crippen LogP contribution in [0.3, 0.4) is 0 Å². The quantitative estimate of drug-likeness (QED) is 0.0628. The van der Waals surface area contributed by atoms with Crippen molar-refractivity contribution in [3.05, 3.63) is 0 Å². The molecule has 0 bridgehead atoms. The fourth-order valence-electron chi connectivity index (χ4n) is 6.60. The van der Waals surface area contributed by atoms with Crippen molar-refractivity contribution in [2.24, 2.45) is 23.7 Å². The average molecular weight is 565 g/mol. The summed E-state index contributed by atoms with van der Waals surface area (Å²) in [5.74, 6) is -0.671. The van der Waals surface area contributed by atoms with Crippen LogP contribution < -0.4 is 0 Å². The van der Waals surface area contributed by atoms with Crippen molar-refractivity contribution in [3.8, 4) is 0 Å². The summed E-state index contributed by atoms with van der Waals surface area (Å²) in [6.45, 7) is 9.77. The summed E-state index contributed by atoms with van der Waals surface area (Å²) in [7, 11) is 0. The molecule has 0 aromatic carbocycles. The van der Waals surface area contributed by atoms with Crippen LogP contribution in [0.4, 0.5) is 0 Å². The summed E-state index contributed by atoms with van der Waals surface area (Å²) in [4.78, 5) is 26.7. The van der Waals surface area contributed by atoms with Gasteiger partial charge in [0.15, 0.2) is 0 Å². The van der Waals surface area contributed by atoms with Gasteiger partial charge in [-0.25, -0.2) is 0 Å². The maximum atomic E-state index is 13.4. The number of unbranched alkanes of at least 4 members (excludes halogenated alkanes) is 18. The van der Waals surface area contributed by atoms with Crippen LogP contribution in [-0.2, 0) is 19.1 Å². The topological polar surface area (TPSA) is 52.6 Å². The summed E-state index contributed by atoms with van der Waals surface area (Å²) >= 11 is 0. The van der Waals surface area contributed by atoms with E-state index in [2.05, 4.69) is 27.7 Å². The van der Waals surface area contributed by atoms with E-state index in [1.54, 1.807) is 0 Å². The standard InChI is InChI=1S/C36H68O4/c1-5-8-10-12-14-16-18-20-22-24-29-39-35(37)33-31(4)27-26-28-32(7-3)34(33)36(38)40-30-25-23-21-19-17-15-13-11-9-6-2/h31-34H,5-30H2,1-4H3. The SMILES string of the molecule is CCCCCCCCCCCCOC(=O)C1C(C)CCCC(CC)C1C(=O)OCCCCCCCCCCCC. The Morgan fingerprint density at radius 2 is 0.900 bits per heavy atom.